The maximum atomic E-state index is 5.41. The smallest absolute Gasteiger partial charge is 0.108 e. The van der Waals surface area contributed by atoms with E-state index in [9.17, 15) is 0 Å². The molecule has 1 rings (SSSR count). The van der Waals surface area contributed by atoms with Crippen molar-refractivity contribution in [3.8, 4) is 0 Å². The standard InChI is InChI=1S/C11H19NO2/c1-4-11-9(6-7-14-11)10(12-3)8-13-5-2/h6-7,10,12H,4-5,8H2,1-3H3. The first-order chi connectivity index (χ1) is 6.83. The lowest BCUT2D eigenvalue weighted by atomic mass is 10.1. The minimum Gasteiger partial charge on any atom is -0.469 e. The first kappa shape index (κ1) is 11.3. The number of aryl methyl sites for hydroxylation is 1. The topological polar surface area (TPSA) is 34.4 Å². The Morgan fingerprint density at radius 2 is 2.29 bits per heavy atom. The minimum absolute atomic E-state index is 0.239. The Morgan fingerprint density at radius 3 is 2.86 bits per heavy atom. The second-order valence-electron chi connectivity index (χ2n) is 3.15. The van der Waals surface area contributed by atoms with Gasteiger partial charge >= 0.3 is 0 Å². The number of ether oxygens (including phenoxy) is 1. The van der Waals surface area contributed by atoms with Gasteiger partial charge in [0.15, 0.2) is 0 Å². The van der Waals surface area contributed by atoms with Crippen LogP contribution in [0.2, 0.25) is 0 Å². The van der Waals surface area contributed by atoms with Crippen LogP contribution in [0.1, 0.15) is 31.2 Å². The molecule has 0 saturated heterocycles. The molecule has 14 heavy (non-hydrogen) atoms. The number of hydrogen-bond donors (Lipinski definition) is 1. The molecule has 3 nitrogen and oxygen atoms in total. The molecule has 1 atom stereocenters. The first-order valence-corrected chi connectivity index (χ1v) is 5.14. The molecule has 1 unspecified atom stereocenters. The molecule has 0 aliphatic heterocycles. The van der Waals surface area contributed by atoms with E-state index in [4.69, 9.17) is 9.15 Å². The second-order valence-corrected chi connectivity index (χ2v) is 3.15. The minimum atomic E-state index is 0.239. The third-order valence-electron chi connectivity index (χ3n) is 2.31. The Morgan fingerprint density at radius 1 is 1.50 bits per heavy atom. The molecule has 0 spiro atoms. The summed E-state index contributed by atoms with van der Waals surface area (Å²) in [5.74, 6) is 1.05. The van der Waals surface area contributed by atoms with Crippen molar-refractivity contribution < 1.29 is 9.15 Å². The summed E-state index contributed by atoms with van der Waals surface area (Å²) in [6.07, 6.45) is 2.66. The zero-order valence-corrected chi connectivity index (χ0v) is 9.17. The van der Waals surface area contributed by atoms with Crippen molar-refractivity contribution in [2.45, 2.75) is 26.3 Å². The summed E-state index contributed by atoms with van der Waals surface area (Å²) in [5.41, 5.74) is 1.21. The van der Waals surface area contributed by atoms with E-state index in [1.54, 1.807) is 6.26 Å². The van der Waals surface area contributed by atoms with Gasteiger partial charge in [-0.25, -0.2) is 0 Å². The van der Waals surface area contributed by atoms with Crippen molar-refractivity contribution >= 4 is 0 Å². The lowest BCUT2D eigenvalue weighted by molar-refractivity contribution is 0.125. The monoisotopic (exact) mass is 197 g/mol. The van der Waals surface area contributed by atoms with Gasteiger partial charge in [0.2, 0.25) is 0 Å². The molecule has 0 aliphatic rings. The molecule has 0 amide bonds. The summed E-state index contributed by atoms with van der Waals surface area (Å²) in [6.45, 7) is 5.54. The van der Waals surface area contributed by atoms with Crippen LogP contribution in [-0.4, -0.2) is 20.3 Å². The van der Waals surface area contributed by atoms with Crippen LogP contribution in [0.5, 0.6) is 0 Å². The quantitative estimate of drug-likeness (QED) is 0.758. The largest absolute Gasteiger partial charge is 0.469 e. The number of furan rings is 1. The molecular weight excluding hydrogens is 178 g/mol. The predicted molar refractivity (Wildman–Crippen MR) is 56.4 cm³/mol. The summed E-state index contributed by atoms with van der Waals surface area (Å²) >= 11 is 0. The van der Waals surface area contributed by atoms with Gasteiger partial charge < -0.3 is 14.5 Å². The van der Waals surface area contributed by atoms with Crippen LogP contribution in [0, 0.1) is 0 Å². The van der Waals surface area contributed by atoms with Crippen LogP contribution in [-0.2, 0) is 11.2 Å². The summed E-state index contributed by atoms with van der Waals surface area (Å²) in [6, 6.07) is 2.25. The Labute approximate surface area is 85.4 Å². The van der Waals surface area contributed by atoms with Gasteiger partial charge in [-0.15, -0.1) is 0 Å². The Balaban J connectivity index is 2.67. The van der Waals surface area contributed by atoms with E-state index in [1.165, 1.54) is 5.56 Å². The molecule has 80 valence electrons. The number of likely N-dealkylation sites (N-methyl/N-ethyl adjacent to an activating group) is 1. The van der Waals surface area contributed by atoms with Crippen LogP contribution in [0.15, 0.2) is 16.7 Å². The van der Waals surface area contributed by atoms with Gasteiger partial charge in [-0.1, -0.05) is 6.92 Å². The third-order valence-corrected chi connectivity index (χ3v) is 2.31. The fraction of sp³-hybridized carbons (Fsp3) is 0.636. The van der Waals surface area contributed by atoms with Gasteiger partial charge in [0.1, 0.15) is 5.76 Å². The fourth-order valence-electron chi connectivity index (χ4n) is 1.51. The van der Waals surface area contributed by atoms with Crippen molar-refractivity contribution in [2.24, 2.45) is 0 Å². The highest BCUT2D eigenvalue weighted by Gasteiger charge is 2.14. The number of hydrogen-bond acceptors (Lipinski definition) is 3. The van der Waals surface area contributed by atoms with Crippen LogP contribution < -0.4 is 5.32 Å². The van der Waals surface area contributed by atoms with Crippen molar-refractivity contribution in [1.82, 2.24) is 5.32 Å². The maximum absolute atomic E-state index is 5.41. The van der Waals surface area contributed by atoms with Crippen molar-refractivity contribution in [1.29, 1.82) is 0 Å². The molecule has 1 N–H and O–H groups in total. The fourth-order valence-corrected chi connectivity index (χ4v) is 1.51. The number of rotatable bonds is 6. The van der Waals surface area contributed by atoms with Crippen LogP contribution >= 0.6 is 0 Å². The highest BCUT2D eigenvalue weighted by molar-refractivity contribution is 5.21. The Hall–Kier alpha value is -0.800. The van der Waals surface area contributed by atoms with E-state index in [0.717, 1.165) is 18.8 Å². The third kappa shape index (κ3) is 2.59. The van der Waals surface area contributed by atoms with Gasteiger partial charge in [-0.2, -0.15) is 0 Å². The maximum Gasteiger partial charge on any atom is 0.108 e. The highest BCUT2D eigenvalue weighted by Crippen LogP contribution is 2.19. The molecule has 0 fully saturated rings. The molecule has 1 aromatic rings. The van der Waals surface area contributed by atoms with Gasteiger partial charge in [0.25, 0.3) is 0 Å². The molecule has 0 radical (unpaired) electrons. The molecule has 1 heterocycles. The average Bonchev–Trinajstić information content (AvgIpc) is 2.67. The van der Waals surface area contributed by atoms with Crippen molar-refractivity contribution in [2.75, 3.05) is 20.3 Å². The number of nitrogens with one attached hydrogen (secondary N) is 1. The van der Waals surface area contributed by atoms with E-state index >= 15 is 0 Å². The highest BCUT2D eigenvalue weighted by atomic mass is 16.5. The van der Waals surface area contributed by atoms with Gasteiger partial charge in [-0.05, 0) is 20.0 Å². The van der Waals surface area contributed by atoms with Crippen LogP contribution in [0.25, 0.3) is 0 Å². The van der Waals surface area contributed by atoms with Gasteiger partial charge in [-0.3, -0.25) is 0 Å². The molecule has 1 aromatic heterocycles. The second kappa shape index (κ2) is 5.83. The molecule has 0 bridgehead atoms. The Kier molecular flexibility index (Phi) is 4.70. The van der Waals surface area contributed by atoms with Gasteiger partial charge in [0.05, 0.1) is 18.9 Å². The molecular formula is C11H19NO2. The first-order valence-electron chi connectivity index (χ1n) is 5.14. The lowest BCUT2D eigenvalue weighted by Gasteiger charge is -2.15. The van der Waals surface area contributed by atoms with Crippen LogP contribution in [0.4, 0.5) is 0 Å². The molecule has 0 aliphatic carbocycles. The zero-order chi connectivity index (χ0) is 10.4. The molecule has 0 aromatic carbocycles. The molecule has 3 heteroatoms. The summed E-state index contributed by atoms with van der Waals surface area (Å²) in [4.78, 5) is 0. The van der Waals surface area contributed by atoms with E-state index < -0.39 is 0 Å². The molecule has 0 saturated carbocycles. The van der Waals surface area contributed by atoms with E-state index in [0.29, 0.717) is 6.61 Å². The Bertz CT molecular complexity index is 258. The average molecular weight is 197 g/mol. The van der Waals surface area contributed by atoms with Crippen LogP contribution in [0.3, 0.4) is 0 Å². The SMILES string of the molecule is CCOCC(NC)c1ccoc1CC. The predicted octanol–water partition coefficient (Wildman–Crippen LogP) is 2.14. The lowest BCUT2D eigenvalue weighted by Crippen LogP contribution is -2.22. The normalized spacial score (nSPS) is 13.1. The van der Waals surface area contributed by atoms with E-state index in [-0.39, 0.29) is 6.04 Å². The van der Waals surface area contributed by atoms with Crippen molar-refractivity contribution in [3.05, 3.63) is 23.7 Å². The van der Waals surface area contributed by atoms with Crippen molar-refractivity contribution in [3.63, 3.8) is 0 Å². The zero-order valence-electron chi connectivity index (χ0n) is 9.17. The van der Waals surface area contributed by atoms with E-state index in [1.807, 2.05) is 20.0 Å². The summed E-state index contributed by atoms with van der Waals surface area (Å²) in [7, 11) is 1.94. The summed E-state index contributed by atoms with van der Waals surface area (Å²) in [5, 5.41) is 3.23. The van der Waals surface area contributed by atoms with Gasteiger partial charge in [0, 0.05) is 18.6 Å². The summed E-state index contributed by atoms with van der Waals surface area (Å²) < 4.78 is 10.8. The van der Waals surface area contributed by atoms with E-state index in [2.05, 4.69) is 12.2 Å².